The summed E-state index contributed by atoms with van der Waals surface area (Å²) < 4.78 is 37.6. The summed E-state index contributed by atoms with van der Waals surface area (Å²) in [6, 6.07) is 22.3. The third kappa shape index (κ3) is 3.19. The molecule has 1 aromatic heterocycles. The van der Waals surface area contributed by atoms with Gasteiger partial charge in [0.25, 0.3) is 0 Å². The predicted octanol–water partition coefficient (Wildman–Crippen LogP) is 7.46. The molecule has 0 amide bonds. The molecule has 0 fully saturated rings. The zero-order chi connectivity index (χ0) is 29.0. The van der Waals surface area contributed by atoms with E-state index in [1.807, 2.05) is 24.3 Å². The van der Waals surface area contributed by atoms with Gasteiger partial charge in [0.15, 0.2) is 6.20 Å². The van der Waals surface area contributed by atoms with Crippen molar-refractivity contribution in [2.45, 2.75) is 52.8 Å². The van der Waals surface area contributed by atoms with E-state index in [1.165, 1.54) is 16.7 Å². The van der Waals surface area contributed by atoms with Crippen LogP contribution in [-0.2, 0) is 25.2 Å². The Kier molecular flexibility index (Phi) is 3.94. The smallest absolute Gasteiger partial charge is 0.201 e. The number of aryl methyl sites for hydroxylation is 2. The number of hydrogen-bond acceptors (Lipinski definition) is 1. The van der Waals surface area contributed by atoms with E-state index in [4.69, 9.17) is 5.48 Å². The summed E-state index contributed by atoms with van der Waals surface area (Å²) in [7, 11) is 2.06. The van der Waals surface area contributed by atoms with Crippen molar-refractivity contribution >= 4 is 0 Å². The molecule has 0 aliphatic heterocycles. The second kappa shape index (κ2) is 7.65. The first kappa shape index (κ1) is 18.6. The summed E-state index contributed by atoms with van der Waals surface area (Å²) in [6.45, 7) is 9.87. The first-order valence-corrected chi connectivity index (χ1v) is 12.5. The quantitative estimate of drug-likeness (QED) is 0.278. The molecule has 0 N–H and O–H groups in total. The number of hydrogen-bond donors (Lipinski definition) is 0. The lowest BCUT2D eigenvalue weighted by Crippen LogP contribution is -2.31. The molecule has 4 aromatic rings. The molecule has 0 bridgehead atoms. The van der Waals surface area contributed by atoms with Crippen molar-refractivity contribution in [1.82, 2.24) is 0 Å². The van der Waals surface area contributed by atoms with Crippen molar-refractivity contribution in [1.29, 1.82) is 5.26 Å². The van der Waals surface area contributed by atoms with Crippen LogP contribution in [0.4, 0.5) is 0 Å². The molecule has 0 saturated carbocycles. The number of nitrogens with zero attached hydrogens (tertiary/aromatic N) is 2. The Balaban J connectivity index is 1.66. The number of rotatable bonds is 2. The summed E-state index contributed by atoms with van der Waals surface area (Å²) >= 11 is 0. The lowest BCUT2D eigenvalue weighted by Gasteiger charge is -2.27. The van der Waals surface area contributed by atoms with Gasteiger partial charge < -0.3 is 0 Å². The van der Waals surface area contributed by atoms with Crippen molar-refractivity contribution in [2.24, 2.45) is 12.5 Å². The minimum absolute atomic E-state index is 0.364. The molecule has 3 aromatic carbocycles. The highest BCUT2D eigenvalue weighted by atomic mass is 14.9. The molecule has 6 rings (SSSR count). The van der Waals surface area contributed by atoms with Crippen molar-refractivity contribution < 1.29 is 10.1 Å². The van der Waals surface area contributed by atoms with Crippen LogP contribution in [0.15, 0.2) is 66.9 Å². The molecule has 1 heterocycles. The van der Waals surface area contributed by atoms with Gasteiger partial charge in [-0.15, -0.1) is 0 Å². The molecule has 36 heavy (non-hydrogen) atoms. The van der Waals surface area contributed by atoms with Gasteiger partial charge in [0.1, 0.15) is 7.05 Å². The highest BCUT2D eigenvalue weighted by Crippen LogP contribution is 2.56. The fraction of sp³-hybridized carbons (Fsp3) is 0.294. The fourth-order valence-electron chi connectivity index (χ4n) is 6.30. The molecular formula is C34H33N2+. The second-order valence-corrected chi connectivity index (χ2v) is 11.2. The van der Waals surface area contributed by atoms with E-state index in [0.717, 1.165) is 33.5 Å². The normalized spacial score (nSPS) is 20.7. The third-order valence-electron chi connectivity index (χ3n) is 7.79. The van der Waals surface area contributed by atoms with Gasteiger partial charge in [-0.1, -0.05) is 64.1 Å². The molecule has 2 aliphatic carbocycles. The third-order valence-corrected chi connectivity index (χ3v) is 7.79. The zero-order valence-electron chi connectivity index (χ0n) is 25.7. The van der Waals surface area contributed by atoms with Gasteiger partial charge in [0, 0.05) is 28.6 Å². The van der Waals surface area contributed by atoms with Crippen LogP contribution < -0.4 is 4.57 Å². The highest BCUT2D eigenvalue weighted by Gasteiger charge is 2.42. The average Bonchev–Trinajstić information content (AvgIpc) is 3.19. The molecule has 0 radical (unpaired) electrons. The summed E-state index contributed by atoms with van der Waals surface area (Å²) in [4.78, 5) is 0. The van der Waals surface area contributed by atoms with Gasteiger partial charge >= 0.3 is 0 Å². The van der Waals surface area contributed by atoms with Gasteiger partial charge in [-0.25, -0.2) is 4.57 Å². The van der Waals surface area contributed by atoms with Gasteiger partial charge in [0.05, 0.1) is 17.2 Å². The van der Waals surface area contributed by atoms with E-state index in [9.17, 15) is 5.26 Å². The molecule has 2 aliphatic rings. The molecule has 0 atom stereocenters. The van der Waals surface area contributed by atoms with Crippen molar-refractivity contribution in [3.63, 3.8) is 0 Å². The molecule has 0 spiro atoms. The van der Waals surface area contributed by atoms with Crippen molar-refractivity contribution in [3.05, 3.63) is 100 Å². The van der Waals surface area contributed by atoms with Gasteiger partial charge in [-0.05, 0) is 81.7 Å². The van der Waals surface area contributed by atoms with Crippen LogP contribution in [0.3, 0.4) is 0 Å². The van der Waals surface area contributed by atoms with Crippen molar-refractivity contribution in [2.75, 3.05) is 0 Å². The number of fused-ring (bicyclic) bond motifs is 4. The Morgan fingerprint density at radius 2 is 1.56 bits per heavy atom. The Morgan fingerprint density at radius 1 is 0.861 bits per heavy atom. The van der Waals surface area contributed by atoms with Crippen LogP contribution in [0.25, 0.3) is 33.5 Å². The summed E-state index contributed by atoms with van der Waals surface area (Å²) in [5.74, 6) is 0. The van der Waals surface area contributed by atoms with E-state index in [1.54, 1.807) is 26.0 Å². The number of aromatic nitrogens is 1. The Hall–Kier alpha value is -3.70. The molecule has 178 valence electrons. The first-order chi connectivity index (χ1) is 18.7. The summed E-state index contributed by atoms with van der Waals surface area (Å²) in [5, 5.41) is 10.3. The number of nitriles is 1. The Bertz CT molecular complexity index is 1790. The van der Waals surface area contributed by atoms with Gasteiger partial charge in [-0.3, -0.25) is 0 Å². The average molecular weight is 474 g/mol. The standard InChI is InChI=1S/C34H33N2/c1-21-10-14-26-27-15-13-24(20-35)30(22-11-12-23-18-33(2,3)19-25(23)17-22)32(27)34(4,5)31(26)29(21)28-9-7-8-16-36(28)6/h7-17H,18-19H2,1-6H3/q+1/i18D2,19D2. The minimum Gasteiger partial charge on any atom is -0.201 e. The van der Waals surface area contributed by atoms with Gasteiger partial charge in [-0.2, -0.15) is 5.26 Å². The van der Waals surface area contributed by atoms with Crippen LogP contribution in [0.1, 0.15) is 66.6 Å². The number of benzene rings is 3. The zero-order valence-corrected chi connectivity index (χ0v) is 21.7. The van der Waals surface area contributed by atoms with Crippen LogP contribution in [0.5, 0.6) is 0 Å². The Labute approximate surface area is 220 Å². The van der Waals surface area contributed by atoms with E-state index in [-0.39, 0.29) is 0 Å². The summed E-state index contributed by atoms with van der Waals surface area (Å²) in [5.41, 5.74) is 9.09. The Morgan fingerprint density at radius 3 is 2.28 bits per heavy atom. The molecule has 0 unspecified atom stereocenters. The maximum atomic E-state index is 10.3. The molecule has 0 saturated heterocycles. The van der Waals surface area contributed by atoms with Crippen molar-refractivity contribution in [3.8, 4) is 39.6 Å². The second-order valence-electron chi connectivity index (χ2n) is 11.2. The SMILES string of the molecule is [2H]C1([2H])c2ccc(-c3c(C#N)ccc4c3C(C)(C)c3c-4ccc(C)c3-c3cccc[n+]3C)cc2C([2H])([2H])C1(C)C. The van der Waals surface area contributed by atoms with Crippen LogP contribution >= 0.6 is 0 Å². The van der Waals surface area contributed by atoms with Gasteiger partial charge in [0.2, 0.25) is 5.69 Å². The van der Waals surface area contributed by atoms with Crippen LogP contribution in [0.2, 0.25) is 0 Å². The van der Waals surface area contributed by atoms with E-state index in [0.29, 0.717) is 16.7 Å². The fourth-order valence-corrected chi connectivity index (χ4v) is 6.30. The first-order valence-electron chi connectivity index (χ1n) is 14.5. The largest absolute Gasteiger partial charge is 0.212 e. The van der Waals surface area contributed by atoms with E-state index >= 15 is 0 Å². The maximum absolute atomic E-state index is 10.3. The topological polar surface area (TPSA) is 27.7 Å². The highest BCUT2D eigenvalue weighted by molar-refractivity contribution is 5.94. The van der Waals surface area contributed by atoms with Crippen LogP contribution in [0, 0.1) is 23.7 Å². The minimum atomic E-state index is -1.88. The van der Waals surface area contributed by atoms with E-state index < -0.39 is 23.6 Å². The lowest BCUT2D eigenvalue weighted by molar-refractivity contribution is -0.660. The monoisotopic (exact) mass is 473 g/mol. The lowest BCUT2D eigenvalue weighted by atomic mass is 9.75. The molecular weight excluding hydrogens is 436 g/mol. The molecule has 2 nitrogen and oxygen atoms in total. The van der Waals surface area contributed by atoms with E-state index in [2.05, 4.69) is 68.9 Å². The predicted molar refractivity (Wildman–Crippen MR) is 147 cm³/mol. The number of pyridine rings is 1. The van der Waals surface area contributed by atoms with Crippen LogP contribution in [-0.4, -0.2) is 0 Å². The maximum Gasteiger partial charge on any atom is 0.212 e. The summed E-state index contributed by atoms with van der Waals surface area (Å²) in [6.07, 6.45) is -1.65. The molecule has 2 heteroatoms.